The van der Waals surface area contributed by atoms with Crippen LogP contribution < -0.4 is 0 Å². The summed E-state index contributed by atoms with van der Waals surface area (Å²) >= 11 is 0. The van der Waals surface area contributed by atoms with Gasteiger partial charge < -0.3 is 4.74 Å². The Hall–Kier alpha value is -0.530. The first-order valence-electron chi connectivity index (χ1n) is 7.69. The second-order valence-electron chi connectivity index (χ2n) is 7.79. The highest BCUT2D eigenvalue weighted by atomic mass is 16.5. The van der Waals surface area contributed by atoms with E-state index in [4.69, 9.17) is 0 Å². The molecule has 2 heteroatoms. The molecular weight excluding hydrogens is 236 g/mol. The molecule has 2 aliphatic carbocycles. The lowest BCUT2D eigenvalue weighted by molar-refractivity contribution is -0.150. The van der Waals surface area contributed by atoms with Crippen LogP contribution in [0.2, 0.25) is 0 Å². The van der Waals surface area contributed by atoms with Gasteiger partial charge >= 0.3 is 5.97 Å². The van der Waals surface area contributed by atoms with Gasteiger partial charge in [-0.2, -0.15) is 0 Å². The number of carbonyl (C=O) groups is 1. The zero-order chi connectivity index (χ0) is 14.9. The highest BCUT2D eigenvalue weighted by molar-refractivity contribution is 5.75. The SMILES string of the molecule is CC12CCC(CC1)C2(C)C.CCC(C)(C)C(=O)OC. The van der Waals surface area contributed by atoms with Gasteiger partial charge in [-0.05, 0) is 62.7 Å². The molecule has 2 fully saturated rings. The second-order valence-corrected chi connectivity index (χ2v) is 7.79. The third-order valence-electron chi connectivity index (χ3n) is 6.29. The Morgan fingerprint density at radius 3 is 1.79 bits per heavy atom. The van der Waals surface area contributed by atoms with E-state index in [2.05, 4.69) is 25.5 Å². The predicted molar refractivity (Wildman–Crippen MR) is 79.9 cm³/mol. The first kappa shape index (κ1) is 16.5. The van der Waals surface area contributed by atoms with Crippen molar-refractivity contribution in [2.75, 3.05) is 7.11 Å². The van der Waals surface area contributed by atoms with Crippen molar-refractivity contribution in [1.82, 2.24) is 0 Å². The number of methoxy groups -OCH3 is 1. The maximum absolute atomic E-state index is 10.8. The Labute approximate surface area is 119 Å². The molecule has 0 radical (unpaired) electrons. The number of rotatable bonds is 2. The summed E-state index contributed by atoms with van der Waals surface area (Å²) in [6, 6.07) is 0. The summed E-state index contributed by atoms with van der Waals surface area (Å²) in [5, 5.41) is 0. The van der Waals surface area contributed by atoms with Gasteiger partial charge in [-0.15, -0.1) is 0 Å². The van der Waals surface area contributed by atoms with E-state index < -0.39 is 0 Å². The third kappa shape index (κ3) is 2.98. The van der Waals surface area contributed by atoms with E-state index in [9.17, 15) is 4.79 Å². The van der Waals surface area contributed by atoms with Gasteiger partial charge in [0.1, 0.15) is 0 Å². The number of carbonyl (C=O) groups excluding carboxylic acids is 1. The molecule has 2 aliphatic rings. The minimum Gasteiger partial charge on any atom is -0.469 e. The zero-order valence-corrected chi connectivity index (χ0v) is 13.9. The Morgan fingerprint density at radius 1 is 1.21 bits per heavy atom. The van der Waals surface area contributed by atoms with Gasteiger partial charge in [0.05, 0.1) is 12.5 Å². The summed E-state index contributed by atoms with van der Waals surface area (Å²) in [5.74, 6) is 0.919. The normalized spacial score (nSPS) is 31.6. The summed E-state index contributed by atoms with van der Waals surface area (Å²) in [7, 11) is 1.42. The van der Waals surface area contributed by atoms with Gasteiger partial charge in [-0.1, -0.05) is 27.7 Å². The Balaban J connectivity index is 0.000000192. The standard InChI is InChI=1S/C10H18.C7H14O2/c1-9(2)8-4-6-10(9,3)7-5-8;1-5-7(2,3)6(8)9-4/h8H,4-7H2,1-3H3;5H2,1-4H3. The van der Waals surface area contributed by atoms with E-state index in [1.54, 1.807) is 0 Å². The average Bonchev–Trinajstić information content (AvgIpc) is 2.72. The molecule has 0 spiro atoms. The van der Waals surface area contributed by atoms with Gasteiger partial charge in [0.15, 0.2) is 0 Å². The number of hydrogen-bond donors (Lipinski definition) is 0. The molecule has 0 saturated heterocycles. The minimum atomic E-state index is -0.311. The number of ether oxygens (including phenoxy) is 1. The topological polar surface area (TPSA) is 26.3 Å². The molecule has 0 aliphatic heterocycles. The van der Waals surface area contributed by atoms with Crippen LogP contribution in [0.15, 0.2) is 0 Å². The van der Waals surface area contributed by atoms with Crippen LogP contribution in [0.4, 0.5) is 0 Å². The molecule has 0 amide bonds. The molecule has 2 nitrogen and oxygen atoms in total. The lowest BCUT2D eigenvalue weighted by atomic mass is 9.71. The van der Waals surface area contributed by atoms with E-state index in [0.717, 1.165) is 12.3 Å². The molecule has 2 rings (SSSR count). The van der Waals surface area contributed by atoms with Crippen molar-refractivity contribution >= 4 is 5.97 Å². The van der Waals surface area contributed by atoms with Gasteiger partial charge in [-0.3, -0.25) is 4.79 Å². The predicted octanol–water partition coefficient (Wildman–Crippen LogP) is 4.82. The molecule has 0 aromatic heterocycles. The lowest BCUT2D eigenvalue weighted by Crippen LogP contribution is -2.26. The van der Waals surface area contributed by atoms with Crippen molar-refractivity contribution in [3.05, 3.63) is 0 Å². The molecule has 0 atom stereocenters. The van der Waals surface area contributed by atoms with Crippen LogP contribution >= 0.6 is 0 Å². The fourth-order valence-corrected chi connectivity index (χ4v) is 3.53. The van der Waals surface area contributed by atoms with E-state index in [1.807, 2.05) is 20.8 Å². The van der Waals surface area contributed by atoms with Crippen LogP contribution in [0.1, 0.15) is 73.6 Å². The highest BCUT2D eigenvalue weighted by Gasteiger charge is 2.55. The average molecular weight is 268 g/mol. The van der Waals surface area contributed by atoms with Crippen LogP contribution in [0.5, 0.6) is 0 Å². The maximum Gasteiger partial charge on any atom is 0.311 e. The molecule has 0 aromatic carbocycles. The van der Waals surface area contributed by atoms with Crippen molar-refractivity contribution in [1.29, 1.82) is 0 Å². The fraction of sp³-hybridized carbons (Fsp3) is 0.941. The second kappa shape index (κ2) is 5.46. The largest absolute Gasteiger partial charge is 0.469 e. The number of hydrogen-bond acceptors (Lipinski definition) is 2. The van der Waals surface area contributed by atoms with Gasteiger partial charge in [0.25, 0.3) is 0 Å². The summed E-state index contributed by atoms with van der Waals surface area (Å²) in [6.45, 7) is 13.1. The molecule has 2 saturated carbocycles. The monoisotopic (exact) mass is 268 g/mol. The number of fused-ring (bicyclic) bond motifs is 2. The van der Waals surface area contributed by atoms with Crippen LogP contribution in [-0.4, -0.2) is 13.1 Å². The van der Waals surface area contributed by atoms with Crippen LogP contribution in [0, 0.1) is 22.2 Å². The molecule has 0 aromatic rings. The number of esters is 1. The first-order valence-corrected chi connectivity index (χ1v) is 7.69. The Bertz CT molecular complexity index is 317. The van der Waals surface area contributed by atoms with E-state index in [-0.39, 0.29) is 11.4 Å². The molecule has 19 heavy (non-hydrogen) atoms. The van der Waals surface area contributed by atoms with Gasteiger partial charge in [0, 0.05) is 0 Å². The quantitative estimate of drug-likeness (QED) is 0.671. The summed E-state index contributed by atoms with van der Waals surface area (Å²) in [5.41, 5.74) is 1.05. The van der Waals surface area contributed by atoms with Crippen molar-refractivity contribution < 1.29 is 9.53 Å². The van der Waals surface area contributed by atoms with E-state index in [1.165, 1.54) is 32.8 Å². The van der Waals surface area contributed by atoms with Crippen molar-refractivity contribution in [3.8, 4) is 0 Å². The molecule has 0 unspecified atom stereocenters. The fourth-order valence-electron chi connectivity index (χ4n) is 3.53. The van der Waals surface area contributed by atoms with E-state index in [0.29, 0.717) is 10.8 Å². The van der Waals surface area contributed by atoms with Crippen molar-refractivity contribution in [2.24, 2.45) is 22.2 Å². The van der Waals surface area contributed by atoms with E-state index >= 15 is 0 Å². The van der Waals surface area contributed by atoms with Gasteiger partial charge in [0.2, 0.25) is 0 Å². The molecule has 2 bridgehead atoms. The molecule has 0 N–H and O–H groups in total. The van der Waals surface area contributed by atoms with Crippen LogP contribution in [-0.2, 0) is 9.53 Å². The van der Waals surface area contributed by atoms with Crippen LogP contribution in [0.25, 0.3) is 0 Å². The van der Waals surface area contributed by atoms with Crippen LogP contribution in [0.3, 0.4) is 0 Å². The van der Waals surface area contributed by atoms with Crippen molar-refractivity contribution in [3.63, 3.8) is 0 Å². The Morgan fingerprint density at radius 2 is 1.68 bits per heavy atom. The summed E-state index contributed by atoms with van der Waals surface area (Å²) < 4.78 is 4.57. The smallest absolute Gasteiger partial charge is 0.311 e. The lowest BCUT2D eigenvalue weighted by Gasteiger charge is -2.34. The highest BCUT2D eigenvalue weighted by Crippen LogP contribution is 2.65. The zero-order valence-electron chi connectivity index (χ0n) is 13.9. The van der Waals surface area contributed by atoms with Crippen molar-refractivity contribution in [2.45, 2.75) is 73.6 Å². The molecular formula is C17H32O2. The molecule has 0 heterocycles. The van der Waals surface area contributed by atoms with Gasteiger partial charge in [-0.25, -0.2) is 0 Å². The maximum atomic E-state index is 10.8. The summed E-state index contributed by atoms with van der Waals surface area (Å²) in [6.07, 6.45) is 6.81. The molecule has 112 valence electrons. The first-order chi connectivity index (χ1) is 8.60. The Kier molecular flexibility index (Phi) is 4.75. The third-order valence-corrected chi connectivity index (χ3v) is 6.29. The summed E-state index contributed by atoms with van der Waals surface area (Å²) in [4.78, 5) is 10.8. The minimum absolute atomic E-state index is 0.134.